The number of carbonyl (C=O) groups excluding carboxylic acids is 2. The van der Waals surface area contributed by atoms with Crippen LogP contribution < -0.4 is 10.6 Å². The van der Waals surface area contributed by atoms with Gasteiger partial charge in [-0.05, 0) is 43.0 Å². The van der Waals surface area contributed by atoms with Gasteiger partial charge in [0.1, 0.15) is 5.69 Å². The first-order valence-electron chi connectivity index (χ1n) is 8.36. The summed E-state index contributed by atoms with van der Waals surface area (Å²) in [6, 6.07) is 15.0. The zero-order chi connectivity index (χ0) is 19.4. The van der Waals surface area contributed by atoms with E-state index in [4.69, 9.17) is 0 Å². The van der Waals surface area contributed by atoms with E-state index in [-0.39, 0.29) is 11.8 Å². The molecular weight excluding hydrogens is 360 g/mol. The van der Waals surface area contributed by atoms with Gasteiger partial charge in [0.05, 0.1) is 6.20 Å². The molecular formula is C20H20N4O2S. The third-order valence-corrected chi connectivity index (χ3v) is 4.62. The van der Waals surface area contributed by atoms with E-state index in [9.17, 15) is 9.59 Å². The quantitative estimate of drug-likeness (QED) is 0.653. The zero-order valence-electron chi connectivity index (χ0n) is 15.3. The van der Waals surface area contributed by atoms with Crippen molar-refractivity contribution in [3.8, 4) is 5.69 Å². The number of para-hydroxylation sites is 1. The van der Waals surface area contributed by atoms with Crippen LogP contribution in [0.2, 0.25) is 0 Å². The second-order valence-corrected chi connectivity index (χ2v) is 6.74. The molecule has 0 bridgehead atoms. The van der Waals surface area contributed by atoms with Crippen LogP contribution >= 0.6 is 11.8 Å². The number of thioether (sulfide) groups is 1. The van der Waals surface area contributed by atoms with Crippen molar-refractivity contribution in [3.63, 3.8) is 0 Å². The van der Waals surface area contributed by atoms with Crippen LogP contribution in [0.25, 0.3) is 5.69 Å². The molecule has 0 saturated heterocycles. The lowest BCUT2D eigenvalue weighted by molar-refractivity contribution is -0.114. The van der Waals surface area contributed by atoms with E-state index >= 15 is 0 Å². The largest absolute Gasteiger partial charge is 0.326 e. The number of anilines is 2. The van der Waals surface area contributed by atoms with Crippen LogP contribution in [-0.4, -0.2) is 27.6 Å². The SMILES string of the molecule is CSc1ncc(C(=O)Nc2ccc(C)c(NC(C)=O)c2)n1-c1ccccc1. The van der Waals surface area contributed by atoms with E-state index in [1.165, 1.54) is 18.7 Å². The molecule has 3 rings (SSSR count). The Kier molecular flexibility index (Phi) is 5.61. The van der Waals surface area contributed by atoms with Crippen molar-refractivity contribution < 1.29 is 9.59 Å². The van der Waals surface area contributed by atoms with E-state index in [2.05, 4.69) is 15.6 Å². The molecule has 0 aliphatic heterocycles. The first kappa shape index (κ1) is 18.7. The minimum Gasteiger partial charge on any atom is -0.326 e. The Morgan fingerprint density at radius 1 is 1.07 bits per heavy atom. The summed E-state index contributed by atoms with van der Waals surface area (Å²) < 4.78 is 1.82. The molecule has 7 heteroatoms. The van der Waals surface area contributed by atoms with Crippen molar-refractivity contribution in [1.82, 2.24) is 9.55 Å². The Morgan fingerprint density at radius 2 is 1.81 bits per heavy atom. The normalized spacial score (nSPS) is 10.5. The number of hydrogen-bond donors (Lipinski definition) is 2. The van der Waals surface area contributed by atoms with Crippen molar-refractivity contribution >= 4 is 35.0 Å². The van der Waals surface area contributed by atoms with Crippen molar-refractivity contribution in [2.45, 2.75) is 19.0 Å². The minimum atomic E-state index is -0.274. The molecule has 0 atom stereocenters. The average Bonchev–Trinajstić information content (AvgIpc) is 3.09. The minimum absolute atomic E-state index is 0.159. The number of aryl methyl sites for hydroxylation is 1. The van der Waals surface area contributed by atoms with Gasteiger partial charge in [0.25, 0.3) is 5.91 Å². The zero-order valence-corrected chi connectivity index (χ0v) is 16.1. The summed E-state index contributed by atoms with van der Waals surface area (Å²) in [5.41, 5.74) is 3.49. The highest BCUT2D eigenvalue weighted by atomic mass is 32.2. The maximum Gasteiger partial charge on any atom is 0.274 e. The van der Waals surface area contributed by atoms with Gasteiger partial charge in [-0.25, -0.2) is 4.98 Å². The summed E-state index contributed by atoms with van der Waals surface area (Å²) in [5.74, 6) is -0.433. The molecule has 1 aromatic heterocycles. The molecule has 0 saturated carbocycles. The van der Waals surface area contributed by atoms with E-state index in [0.29, 0.717) is 17.1 Å². The fraction of sp³-hybridized carbons (Fsp3) is 0.150. The molecule has 0 fully saturated rings. The van der Waals surface area contributed by atoms with Crippen molar-refractivity contribution in [2.75, 3.05) is 16.9 Å². The number of amides is 2. The van der Waals surface area contributed by atoms with Crippen LogP contribution in [0.5, 0.6) is 0 Å². The Labute approximate surface area is 162 Å². The maximum absolute atomic E-state index is 12.9. The third-order valence-electron chi connectivity index (χ3n) is 3.97. The standard InChI is InChI=1S/C20H20N4O2S/c1-13-9-10-15(11-17(13)22-14(2)25)23-19(26)18-12-21-20(27-3)24(18)16-7-5-4-6-8-16/h4-12H,1-3H3,(H,22,25)(H,23,26). The van der Waals surface area contributed by atoms with Crippen LogP contribution in [0.4, 0.5) is 11.4 Å². The molecule has 0 unspecified atom stereocenters. The molecule has 0 spiro atoms. The number of benzene rings is 2. The second-order valence-electron chi connectivity index (χ2n) is 5.97. The molecule has 2 N–H and O–H groups in total. The van der Waals surface area contributed by atoms with Gasteiger partial charge in [-0.2, -0.15) is 0 Å². The average molecular weight is 380 g/mol. The molecule has 2 aromatic carbocycles. The van der Waals surface area contributed by atoms with E-state index in [1.807, 2.05) is 54.1 Å². The molecule has 138 valence electrons. The summed E-state index contributed by atoms with van der Waals surface area (Å²) in [6.07, 6.45) is 3.49. The van der Waals surface area contributed by atoms with Crippen LogP contribution in [0.3, 0.4) is 0 Å². The van der Waals surface area contributed by atoms with Crippen LogP contribution in [0, 0.1) is 6.92 Å². The van der Waals surface area contributed by atoms with E-state index in [1.54, 1.807) is 18.3 Å². The van der Waals surface area contributed by atoms with Gasteiger partial charge >= 0.3 is 0 Å². The van der Waals surface area contributed by atoms with Gasteiger partial charge in [-0.3, -0.25) is 14.2 Å². The first-order valence-corrected chi connectivity index (χ1v) is 9.59. The second kappa shape index (κ2) is 8.09. The maximum atomic E-state index is 12.9. The Hall–Kier alpha value is -3.06. The third kappa shape index (κ3) is 4.20. The summed E-state index contributed by atoms with van der Waals surface area (Å²) in [6.45, 7) is 3.35. The van der Waals surface area contributed by atoms with Gasteiger partial charge < -0.3 is 10.6 Å². The number of hydrogen-bond acceptors (Lipinski definition) is 4. The van der Waals surface area contributed by atoms with Gasteiger partial charge in [-0.15, -0.1) is 0 Å². The lowest BCUT2D eigenvalue weighted by Gasteiger charge is -2.13. The molecule has 27 heavy (non-hydrogen) atoms. The summed E-state index contributed by atoms with van der Waals surface area (Å²) in [5, 5.41) is 6.38. The fourth-order valence-electron chi connectivity index (χ4n) is 2.68. The summed E-state index contributed by atoms with van der Waals surface area (Å²) in [7, 11) is 0. The number of rotatable bonds is 5. The highest BCUT2D eigenvalue weighted by Crippen LogP contribution is 2.24. The first-order chi connectivity index (χ1) is 13.0. The number of imidazole rings is 1. The van der Waals surface area contributed by atoms with Crippen LogP contribution in [0.1, 0.15) is 23.0 Å². The number of nitrogens with one attached hydrogen (secondary N) is 2. The number of carbonyl (C=O) groups is 2. The molecule has 0 aliphatic rings. The molecule has 3 aromatic rings. The molecule has 1 heterocycles. The predicted molar refractivity (Wildman–Crippen MR) is 109 cm³/mol. The smallest absolute Gasteiger partial charge is 0.274 e. The van der Waals surface area contributed by atoms with E-state index < -0.39 is 0 Å². The van der Waals surface area contributed by atoms with Gasteiger partial charge in [0.2, 0.25) is 5.91 Å². The highest BCUT2D eigenvalue weighted by Gasteiger charge is 2.18. The number of nitrogens with zero attached hydrogens (tertiary/aromatic N) is 2. The van der Waals surface area contributed by atoms with Crippen molar-refractivity contribution in [2.24, 2.45) is 0 Å². The fourth-order valence-corrected chi connectivity index (χ4v) is 3.23. The monoisotopic (exact) mass is 380 g/mol. The Morgan fingerprint density at radius 3 is 2.48 bits per heavy atom. The van der Waals surface area contributed by atoms with Gasteiger partial charge in [0.15, 0.2) is 5.16 Å². The number of aromatic nitrogens is 2. The molecule has 6 nitrogen and oxygen atoms in total. The van der Waals surface area contributed by atoms with Crippen LogP contribution in [0.15, 0.2) is 59.9 Å². The topological polar surface area (TPSA) is 76.0 Å². The van der Waals surface area contributed by atoms with Crippen molar-refractivity contribution in [3.05, 3.63) is 66.0 Å². The Balaban J connectivity index is 1.92. The van der Waals surface area contributed by atoms with Gasteiger partial charge in [0, 0.05) is 24.0 Å². The van der Waals surface area contributed by atoms with Crippen LogP contribution in [-0.2, 0) is 4.79 Å². The molecule has 0 radical (unpaired) electrons. The molecule has 0 aliphatic carbocycles. The van der Waals surface area contributed by atoms with E-state index in [0.717, 1.165) is 16.4 Å². The molecule has 2 amide bonds. The predicted octanol–water partition coefficient (Wildman–Crippen LogP) is 4.11. The Bertz CT molecular complexity index is 983. The van der Waals surface area contributed by atoms with Gasteiger partial charge in [-0.1, -0.05) is 36.0 Å². The van der Waals surface area contributed by atoms with Crippen molar-refractivity contribution in [1.29, 1.82) is 0 Å². The highest BCUT2D eigenvalue weighted by molar-refractivity contribution is 7.98. The summed E-state index contributed by atoms with van der Waals surface area (Å²) >= 11 is 1.47. The lowest BCUT2D eigenvalue weighted by atomic mass is 10.1. The lowest BCUT2D eigenvalue weighted by Crippen LogP contribution is -2.17. The summed E-state index contributed by atoms with van der Waals surface area (Å²) in [4.78, 5) is 28.6.